The van der Waals surface area contributed by atoms with Crippen LogP contribution >= 0.6 is 0 Å². The normalized spacial score (nSPS) is 23.0. The first-order valence-electron chi connectivity index (χ1n) is 5.17. The predicted molar refractivity (Wildman–Crippen MR) is 59.5 cm³/mol. The number of amidine groups is 1. The van der Waals surface area contributed by atoms with Crippen molar-refractivity contribution in [3.8, 4) is 0 Å². The molecule has 0 aromatic carbocycles. The van der Waals surface area contributed by atoms with E-state index in [-0.39, 0.29) is 17.0 Å². The monoisotopic (exact) mass is 198 g/mol. The third-order valence-electron chi connectivity index (χ3n) is 2.13. The highest BCUT2D eigenvalue weighted by Gasteiger charge is 2.31. The van der Waals surface area contributed by atoms with E-state index in [4.69, 9.17) is 4.74 Å². The number of ether oxygens (including phenoxy) is 1. The summed E-state index contributed by atoms with van der Waals surface area (Å²) in [5, 5.41) is 3.25. The van der Waals surface area contributed by atoms with Crippen molar-refractivity contribution in [3.05, 3.63) is 0 Å². The summed E-state index contributed by atoms with van der Waals surface area (Å²) in [5.41, 5.74) is 0.201. The van der Waals surface area contributed by atoms with Crippen molar-refractivity contribution >= 4 is 6.02 Å². The van der Waals surface area contributed by atoms with Crippen LogP contribution in [0.25, 0.3) is 0 Å². The van der Waals surface area contributed by atoms with Crippen LogP contribution in [0.3, 0.4) is 0 Å². The molecule has 1 unspecified atom stereocenters. The van der Waals surface area contributed by atoms with Crippen LogP contribution in [0.15, 0.2) is 4.99 Å². The van der Waals surface area contributed by atoms with Crippen molar-refractivity contribution in [2.75, 3.05) is 6.61 Å². The Labute approximate surface area is 86.9 Å². The number of rotatable bonds is 0. The molecular formula is C11H22N2O. The van der Waals surface area contributed by atoms with Crippen LogP contribution in [0.4, 0.5) is 0 Å². The third kappa shape index (κ3) is 3.20. The summed E-state index contributed by atoms with van der Waals surface area (Å²) in [6.45, 7) is 13.6. The second-order valence-electron chi connectivity index (χ2n) is 6.00. The predicted octanol–water partition coefficient (Wildman–Crippen LogP) is 2.18. The van der Waals surface area contributed by atoms with Gasteiger partial charge in [0.1, 0.15) is 6.61 Å². The quantitative estimate of drug-likeness (QED) is 0.647. The van der Waals surface area contributed by atoms with Crippen molar-refractivity contribution in [1.82, 2.24) is 5.32 Å². The van der Waals surface area contributed by atoms with E-state index in [1.807, 2.05) is 0 Å². The van der Waals surface area contributed by atoms with E-state index in [1.165, 1.54) is 0 Å². The van der Waals surface area contributed by atoms with Crippen molar-refractivity contribution in [3.63, 3.8) is 0 Å². The molecule has 3 nitrogen and oxygen atoms in total. The van der Waals surface area contributed by atoms with E-state index in [9.17, 15) is 0 Å². The molecule has 0 amide bonds. The van der Waals surface area contributed by atoms with Gasteiger partial charge in [-0.2, -0.15) is 0 Å². The minimum absolute atomic E-state index is 0.0195. The molecule has 1 atom stereocenters. The summed E-state index contributed by atoms with van der Waals surface area (Å²) < 4.78 is 5.51. The zero-order chi connectivity index (χ0) is 11.0. The molecule has 1 rings (SSSR count). The van der Waals surface area contributed by atoms with E-state index in [0.717, 1.165) is 0 Å². The Balaban J connectivity index is 2.60. The minimum Gasteiger partial charge on any atom is -0.463 e. The average molecular weight is 198 g/mol. The van der Waals surface area contributed by atoms with Gasteiger partial charge in [0, 0.05) is 5.54 Å². The van der Waals surface area contributed by atoms with Gasteiger partial charge in [-0.1, -0.05) is 20.8 Å². The fourth-order valence-corrected chi connectivity index (χ4v) is 1.21. The maximum absolute atomic E-state index is 5.51. The molecule has 1 aliphatic rings. The summed E-state index contributed by atoms with van der Waals surface area (Å²) in [4.78, 5) is 4.53. The van der Waals surface area contributed by atoms with E-state index in [0.29, 0.717) is 12.6 Å². The first-order valence-corrected chi connectivity index (χ1v) is 5.17. The second kappa shape index (κ2) is 3.44. The molecule has 0 aromatic rings. The zero-order valence-corrected chi connectivity index (χ0v) is 10.1. The third-order valence-corrected chi connectivity index (χ3v) is 2.13. The molecule has 0 aliphatic carbocycles. The molecule has 0 spiro atoms. The Bertz CT molecular complexity index is 233. The summed E-state index contributed by atoms with van der Waals surface area (Å²) in [7, 11) is 0. The number of aliphatic imine (C=N–C) groups is 1. The molecule has 3 heteroatoms. The number of nitrogens with zero attached hydrogens (tertiary/aromatic N) is 1. The van der Waals surface area contributed by atoms with Crippen LogP contribution in [-0.2, 0) is 4.74 Å². The van der Waals surface area contributed by atoms with Gasteiger partial charge >= 0.3 is 0 Å². The maximum atomic E-state index is 5.51. The summed E-state index contributed by atoms with van der Waals surface area (Å²) in [6, 6.07) is 0.963. The smallest absolute Gasteiger partial charge is 0.285 e. The van der Waals surface area contributed by atoms with Crippen LogP contribution in [0.5, 0.6) is 0 Å². The summed E-state index contributed by atoms with van der Waals surface area (Å²) >= 11 is 0. The fourth-order valence-electron chi connectivity index (χ4n) is 1.21. The Morgan fingerprint density at radius 3 is 2.14 bits per heavy atom. The number of hydrogen-bond acceptors (Lipinski definition) is 3. The van der Waals surface area contributed by atoms with Crippen molar-refractivity contribution in [2.24, 2.45) is 10.4 Å². The van der Waals surface area contributed by atoms with Gasteiger partial charge in [-0.05, 0) is 26.2 Å². The van der Waals surface area contributed by atoms with Gasteiger partial charge in [0.2, 0.25) is 0 Å². The van der Waals surface area contributed by atoms with E-state index in [2.05, 4.69) is 51.9 Å². The molecule has 82 valence electrons. The van der Waals surface area contributed by atoms with Gasteiger partial charge in [0.05, 0.1) is 6.04 Å². The Morgan fingerprint density at radius 2 is 1.79 bits per heavy atom. The van der Waals surface area contributed by atoms with E-state index >= 15 is 0 Å². The Hall–Kier alpha value is -0.730. The SMILES string of the molecule is CC(C)(C)NC1=NC(C(C)(C)C)CO1. The van der Waals surface area contributed by atoms with Crippen molar-refractivity contribution < 1.29 is 4.74 Å². The maximum Gasteiger partial charge on any atom is 0.285 e. The molecule has 0 radical (unpaired) electrons. The minimum atomic E-state index is 0.0195. The van der Waals surface area contributed by atoms with Gasteiger partial charge in [0.15, 0.2) is 0 Å². The lowest BCUT2D eigenvalue weighted by atomic mass is 9.88. The topological polar surface area (TPSA) is 33.6 Å². The molecule has 0 bridgehead atoms. The first kappa shape index (κ1) is 11.3. The van der Waals surface area contributed by atoms with Crippen LogP contribution in [0.1, 0.15) is 41.5 Å². The Kier molecular flexibility index (Phi) is 2.79. The highest BCUT2D eigenvalue weighted by atomic mass is 16.5. The molecular weight excluding hydrogens is 176 g/mol. The summed E-state index contributed by atoms with van der Waals surface area (Å²) in [6.07, 6.45) is 0. The molecule has 1 N–H and O–H groups in total. The van der Waals surface area contributed by atoms with Gasteiger partial charge in [0.25, 0.3) is 6.02 Å². The first-order chi connectivity index (χ1) is 6.18. The van der Waals surface area contributed by atoms with Crippen molar-refractivity contribution in [1.29, 1.82) is 0 Å². The molecule has 0 saturated carbocycles. The van der Waals surface area contributed by atoms with Crippen LogP contribution < -0.4 is 5.32 Å². The van der Waals surface area contributed by atoms with Crippen LogP contribution in [0, 0.1) is 5.41 Å². The van der Waals surface area contributed by atoms with Gasteiger partial charge in [-0.15, -0.1) is 0 Å². The number of hydrogen-bond donors (Lipinski definition) is 1. The average Bonchev–Trinajstić information content (AvgIpc) is 2.29. The van der Waals surface area contributed by atoms with Crippen molar-refractivity contribution in [2.45, 2.75) is 53.1 Å². The Morgan fingerprint density at radius 1 is 1.21 bits per heavy atom. The highest BCUT2D eigenvalue weighted by Crippen LogP contribution is 2.25. The lowest BCUT2D eigenvalue weighted by Crippen LogP contribution is -2.40. The van der Waals surface area contributed by atoms with Gasteiger partial charge in [-0.3, -0.25) is 0 Å². The zero-order valence-electron chi connectivity index (χ0n) is 10.1. The number of nitrogens with one attached hydrogen (secondary N) is 1. The largest absolute Gasteiger partial charge is 0.463 e. The van der Waals surface area contributed by atoms with Crippen LogP contribution in [-0.4, -0.2) is 24.2 Å². The molecule has 1 heterocycles. The fraction of sp³-hybridized carbons (Fsp3) is 0.909. The van der Waals surface area contributed by atoms with Crippen LogP contribution in [0.2, 0.25) is 0 Å². The lowest BCUT2D eigenvalue weighted by molar-refractivity contribution is 0.228. The standard InChI is InChI=1S/C11H22N2O/c1-10(2,3)8-7-14-9(12-8)13-11(4,5)6/h8H,7H2,1-6H3,(H,12,13). The lowest BCUT2D eigenvalue weighted by Gasteiger charge is -2.21. The van der Waals surface area contributed by atoms with Gasteiger partial charge in [-0.25, -0.2) is 4.99 Å². The van der Waals surface area contributed by atoms with E-state index in [1.54, 1.807) is 0 Å². The second-order valence-corrected chi connectivity index (χ2v) is 6.00. The highest BCUT2D eigenvalue weighted by molar-refractivity contribution is 5.76. The molecule has 1 aliphatic heterocycles. The van der Waals surface area contributed by atoms with Gasteiger partial charge < -0.3 is 10.1 Å². The van der Waals surface area contributed by atoms with E-state index < -0.39 is 0 Å². The summed E-state index contributed by atoms with van der Waals surface area (Å²) in [5.74, 6) is 0. The molecule has 0 aromatic heterocycles. The molecule has 0 saturated heterocycles. The molecule has 14 heavy (non-hydrogen) atoms. The molecule has 0 fully saturated rings.